The normalized spacial score (nSPS) is 16.5. The Morgan fingerprint density at radius 3 is 2.79 bits per heavy atom. The maximum Gasteiger partial charge on any atom is 0.179 e. The van der Waals surface area contributed by atoms with E-state index in [0.29, 0.717) is 29.7 Å². The van der Waals surface area contributed by atoms with Gasteiger partial charge in [0.1, 0.15) is 13.2 Å². The van der Waals surface area contributed by atoms with Gasteiger partial charge >= 0.3 is 0 Å². The lowest BCUT2D eigenvalue weighted by Gasteiger charge is -2.20. The van der Waals surface area contributed by atoms with Crippen LogP contribution in [0.1, 0.15) is 18.6 Å². The number of benzene rings is 1. The Morgan fingerprint density at radius 1 is 1.36 bits per heavy atom. The average Bonchev–Trinajstić information content (AvgIpc) is 2.17. The Morgan fingerprint density at radius 2 is 2.07 bits per heavy atom. The van der Waals surface area contributed by atoms with E-state index in [1.54, 1.807) is 19.1 Å². The van der Waals surface area contributed by atoms with Crippen LogP contribution in [0.25, 0.3) is 0 Å². The highest BCUT2D eigenvalue weighted by molar-refractivity contribution is 6.32. The molecule has 0 spiro atoms. The van der Waals surface area contributed by atoms with Crippen molar-refractivity contribution in [1.82, 2.24) is 0 Å². The molecule has 1 unspecified atom stereocenters. The van der Waals surface area contributed by atoms with E-state index in [1.165, 1.54) is 0 Å². The van der Waals surface area contributed by atoms with Gasteiger partial charge in [-0.05, 0) is 24.6 Å². The van der Waals surface area contributed by atoms with E-state index in [1.807, 2.05) is 0 Å². The minimum atomic E-state index is -0.552. The summed E-state index contributed by atoms with van der Waals surface area (Å²) in [4.78, 5) is 0. The second-order valence-electron chi connectivity index (χ2n) is 3.20. The lowest BCUT2D eigenvalue weighted by Crippen LogP contribution is -2.16. The summed E-state index contributed by atoms with van der Waals surface area (Å²) in [6.45, 7) is 2.72. The lowest BCUT2D eigenvalue weighted by molar-refractivity contribution is 0.168. The molecule has 1 aromatic rings. The second kappa shape index (κ2) is 3.67. The Kier molecular flexibility index (Phi) is 2.52. The van der Waals surface area contributed by atoms with Gasteiger partial charge in [0.15, 0.2) is 11.5 Å². The fourth-order valence-corrected chi connectivity index (χ4v) is 1.65. The molecule has 1 heterocycles. The van der Waals surface area contributed by atoms with Crippen molar-refractivity contribution in [3.63, 3.8) is 0 Å². The molecule has 2 rings (SSSR count). The van der Waals surface area contributed by atoms with Crippen LogP contribution in [0, 0.1) is 0 Å². The number of aliphatic hydroxyl groups is 1. The number of ether oxygens (including phenoxy) is 2. The maximum absolute atomic E-state index is 9.39. The molecule has 0 aliphatic carbocycles. The molecule has 1 atom stereocenters. The fraction of sp³-hybridized carbons (Fsp3) is 0.400. The summed E-state index contributed by atoms with van der Waals surface area (Å²) >= 11 is 5.98. The Labute approximate surface area is 87.2 Å². The number of fused-ring (bicyclic) bond motifs is 1. The first kappa shape index (κ1) is 9.62. The molecule has 1 aliphatic rings. The van der Waals surface area contributed by atoms with Crippen molar-refractivity contribution in [2.75, 3.05) is 13.2 Å². The van der Waals surface area contributed by atoms with Crippen LogP contribution in [0.3, 0.4) is 0 Å². The molecule has 1 aromatic carbocycles. The summed E-state index contributed by atoms with van der Waals surface area (Å²) in [6, 6.07) is 3.45. The van der Waals surface area contributed by atoms with Crippen LogP contribution in [0.15, 0.2) is 12.1 Å². The van der Waals surface area contributed by atoms with E-state index in [-0.39, 0.29) is 0 Å². The van der Waals surface area contributed by atoms with Crippen LogP contribution >= 0.6 is 11.6 Å². The maximum atomic E-state index is 9.39. The molecule has 0 saturated carbocycles. The van der Waals surface area contributed by atoms with Crippen molar-refractivity contribution in [3.8, 4) is 11.5 Å². The van der Waals surface area contributed by atoms with E-state index >= 15 is 0 Å². The molecular weight excluding hydrogens is 204 g/mol. The number of hydrogen-bond donors (Lipinski definition) is 1. The van der Waals surface area contributed by atoms with Crippen molar-refractivity contribution < 1.29 is 14.6 Å². The van der Waals surface area contributed by atoms with E-state index < -0.39 is 6.10 Å². The van der Waals surface area contributed by atoms with Crippen LogP contribution in [-0.2, 0) is 0 Å². The van der Waals surface area contributed by atoms with Gasteiger partial charge < -0.3 is 14.6 Å². The zero-order valence-corrected chi connectivity index (χ0v) is 8.54. The number of aliphatic hydroxyl groups excluding tert-OH is 1. The van der Waals surface area contributed by atoms with Crippen molar-refractivity contribution in [3.05, 3.63) is 22.7 Å². The van der Waals surface area contributed by atoms with Gasteiger partial charge in [-0.2, -0.15) is 0 Å². The average molecular weight is 215 g/mol. The zero-order valence-electron chi connectivity index (χ0n) is 7.79. The van der Waals surface area contributed by atoms with Crippen molar-refractivity contribution in [2.24, 2.45) is 0 Å². The SMILES string of the molecule is CC(O)c1cc(Cl)c2c(c1)OCCO2. The third-order valence-corrected chi connectivity index (χ3v) is 2.38. The molecule has 0 fully saturated rings. The molecule has 0 saturated heterocycles. The molecule has 0 radical (unpaired) electrons. The summed E-state index contributed by atoms with van der Waals surface area (Å²) in [5.41, 5.74) is 0.735. The summed E-state index contributed by atoms with van der Waals surface area (Å²) in [7, 11) is 0. The van der Waals surface area contributed by atoms with Gasteiger partial charge in [0.05, 0.1) is 11.1 Å². The molecular formula is C10H11ClO3. The molecule has 1 N–H and O–H groups in total. The summed E-state index contributed by atoms with van der Waals surface area (Å²) in [5.74, 6) is 1.18. The fourth-order valence-electron chi connectivity index (χ4n) is 1.37. The van der Waals surface area contributed by atoms with Gasteiger partial charge in [0, 0.05) is 0 Å². The van der Waals surface area contributed by atoms with Crippen LogP contribution in [0.5, 0.6) is 11.5 Å². The second-order valence-corrected chi connectivity index (χ2v) is 3.61. The molecule has 0 aromatic heterocycles. The monoisotopic (exact) mass is 214 g/mol. The van der Waals surface area contributed by atoms with Gasteiger partial charge in [0.25, 0.3) is 0 Å². The first-order chi connectivity index (χ1) is 6.68. The summed E-state index contributed by atoms with van der Waals surface area (Å²) < 4.78 is 10.7. The molecule has 4 heteroatoms. The number of hydrogen-bond acceptors (Lipinski definition) is 3. The molecule has 1 aliphatic heterocycles. The Bertz CT molecular complexity index is 349. The first-order valence-corrected chi connectivity index (χ1v) is 4.83. The highest BCUT2D eigenvalue weighted by Gasteiger charge is 2.17. The first-order valence-electron chi connectivity index (χ1n) is 4.45. The minimum absolute atomic E-state index is 0.484. The third-order valence-electron chi connectivity index (χ3n) is 2.10. The van der Waals surface area contributed by atoms with Crippen molar-refractivity contribution >= 4 is 11.6 Å². The topological polar surface area (TPSA) is 38.7 Å². The van der Waals surface area contributed by atoms with Crippen molar-refractivity contribution in [1.29, 1.82) is 0 Å². The van der Waals surface area contributed by atoms with Crippen LogP contribution in [0.4, 0.5) is 0 Å². The standard InChI is InChI=1S/C10H11ClO3/c1-6(12)7-4-8(11)10-9(5-7)13-2-3-14-10/h4-6,12H,2-3H2,1H3. The van der Waals surface area contributed by atoms with Gasteiger partial charge in [0.2, 0.25) is 0 Å². The quantitative estimate of drug-likeness (QED) is 0.779. The summed E-state index contributed by atoms with van der Waals surface area (Å²) in [5, 5.41) is 9.88. The molecule has 0 bridgehead atoms. The highest BCUT2D eigenvalue weighted by atomic mass is 35.5. The van der Waals surface area contributed by atoms with E-state index in [9.17, 15) is 5.11 Å². The highest BCUT2D eigenvalue weighted by Crippen LogP contribution is 2.39. The smallest absolute Gasteiger partial charge is 0.179 e. The number of halogens is 1. The number of rotatable bonds is 1. The van der Waals surface area contributed by atoms with Crippen LogP contribution in [-0.4, -0.2) is 18.3 Å². The molecule has 3 nitrogen and oxygen atoms in total. The van der Waals surface area contributed by atoms with E-state index in [2.05, 4.69) is 0 Å². The van der Waals surface area contributed by atoms with Gasteiger partial charge in [-0.3, -0.25) is 0 Å². The van der Waals surface area contributed by atoms with E-state index in [0.717, 1.165) is 5.56 Å². The zero-order chi connectivity index (χ0) is 10.1. The molecule has 14 heavy (non-hydrogen) atoms. The predicted molar refractivity (Wildman–Crippen MR) is 53.1 cm³/mol. The molecule has 76 valence electrons. The minimum Gasteiger partial charge on any atom is -0.486 e. The van der Waals surface area contributed by atoms with Gasteiger partial charge in [-0.1, -0.05) is 11.6 Å². The third kappa shape index (κ3) is 1.65. The van der Waals surface area contributed by atoms with Crippen LogP contribution < -0.4 is 9.47 Å². The van der Waals surface area contributed by atoms with E-state index in [4.69, 9.17) is 21.1 Å². The lowest BCUT2D eigenvalue weighted by atomic mass is 10.1. The van der Waals surface area contributed by atoms with Crippen LogP contribution in [0.2, 0.25) is 5.02 Å². The molecule has 0 amide bonds. The Hall–Kier alpha value is -0.930. The van der Waals surface area contributed by atoms with Crippen molar-refractivity contribution in [2.45, 2.75) is 13.0 Å². The van der Waals surface area contributed by atoms with Gasteiger partial charge in [-0.25, -0.2) is 0 Å². The Balaban J connectivity index is 2.46. The van der Waals surface area contributed by atoms with Gasteiger partial charge in [-0.15, -0.1) is 0 Å². The largest absolute Gasteiger partial charge is 0.486 e. The summed E-state index contributed by atoms with van der Waals surface area (Å²) in [6.07, 6.45) is -0.552. The predicted octanol–water partition coefficient (Wildman–Crippen LogP) is 2.16.